The number of rotatable bonds is 2. The zero-order valence-corrected chi connectivity index (χ0v) is 10.5. The quantitative estimate of drug-likeness (QED) is 0.882. The standard InChI is InChI=1S/C15H15NO3/c17-15(18)11-6-7-14-13(10-11)16(8-9-19-14)12-4-2-1-3-5-12/h1-6,10,14H,7-9H2,(H,17,18). The molecule has 0 bridgehead atoms. The summed E-state index contributed by atoms with van der Waals surface area (Å²) in [5, 5.41) is 9.11. The highest BCUT2D eigenvalue weighted by atomic mass is 16.5. The van der Waals surface area contributed by atoms with Gasteiger partial charge in [-0.25, -0.2) is 4.79 Å². The molecule has 1 aromatic rings. The maximum atomic E-state index is 11.1. The second-order valence-electron chi connectivity index (χ2n) is 4.62. The van der Waals surface area contributed by atoms with Gasteiger partial charge in [0.15, 0.2) is 0 Å². The van der Waals surface area contributed by atoms with Crippen molar-refractivity contribution in [1.82, 2.24) is 0 Å². The molecule has 1 N–H and O–H groups in total. The van der Waals surface area contributed by atoms with Crippen LogP contribution in [0.1, 0.15) is 6.42 Å². The molecule has 1 aliphatic heterocycles. The third-order valence-corrected chi connectivity index (χ3v) is 3.45. The molecule has 98 valence electrons. The first-order chi connectivity index (χ1) is 9.25. The Morgan fingerprint density at radius 3 is 2.84 bits per heavy atom. The van der Waals surface area contributed by atoms with Crippen LogP contribution in [0.15, 0.2) is 53.8 Å². The average molecular weight is 257 g/mol. The molecule has 0 radical (unpaired) electrons. The van der Waals surface area contributed by atoms with Gasteiger partial charge in [0.05, 0.1) is 12.2 Å². The number of hydrogen-bond acceptors (Lipinski definition) is 3. The van der Waals surface area contributed by atoms with E-state index in [1.807, 2.05) is 30.3 Å². The molecular formula is C15H15NO3. The number of anilines is 1. The SMILES string of the molecule is O=C(O)C1=CCC2OCCN(c3ccccc3)C2=C1. The molecule has 0 amide bonds. The number of morpholine rings is 1. The van der Waals surface area contributed by atoms with Gasteiger partial charge in [-0.05, 0) is 24.6 Å². The lowest BCUT2D eigenvalue weighted by Gasteiger charge is -2.38. The van der Waals surface area contributed by atoms with E-state index in [1.54, 1.807) is 12.2 Å². The molecule has 3 rings (SSSR count). The van der Waals surface area contributed by atoms with E-state index in [0.29, 0.717) is 18.6 Å². The smallest absolute Gasteiger partial charge is 0.335 e. The van der Waals surface area contributed by atoms with Gasteiger partial charge in [-0.1, -0.05) is 24.3 Å². The minimum absolute atomic E-state index is 0.0305. The van der Waals surface area contributed by atoms with Crippen LogP contribution in [-0.4, -0.2) is 30.3 Å². The van der Waals surface area contributed by atoms with Crippen molar-refractivity contribution in [2.75, 3.05) is 18.1 Å². The van der Waals surface area contributed by atoms with Crippen molar-refractivity contribution in [3.63, 3.8) is 0 Å². The first kappa shape index (κ1) is 12.0. The van der Waals surface area contributed by atoms with Gasteiger partial charge in [0.2, 0.25) is 0 Å². The van der Waals surface area contributed by atoms with Gasteiger partial charge in [0, 0.05) is 17.9 Å². The molecule has 2 aliphatic rings. The largest absolute Gasteiger partial charge is 0.478 e. The van der Waals surface area contributed by atoms with Crippen LogP contribution in [0.2, 0.25) is 0 Å². The summed E-state index contributed by atoms with van der Waals surface area (Å²) in [4.78, 5) is 13.2. The van der Waals surface area contributed by atoms with Gasteiger partial charge < -0.3 is 14.7 Å². The van der Waals surface area contributed by atoms with Crippen LogP contribution in [0, 0.1) is 0 Å². The number of aliphatic carboxylic acids is 1. The Kier molecular flexibility index (Phi) is 3.09. The van der Waals surface area contributed by atoms with Crippen LogP contribution in [0.3, 0.4) is 0 Å². The molecular weight excluding hydrogens is 242 g/mol. The minimum atomic E-state index is -0.885. The predicted octanol–water partition coefficient (Wildman–Crippen LogP) is 2.19. The third kappa shape index (κ3) is 2.27. The van der Waals surface area contributed by atoms with Gasteiger partial charge in [0.1, 0.15) is 6.10 Å². The Hall–Kier alpha value is -2.07. The highest BCUT2D eigenvalue weighted by molar-refractivity contribution is 5.90. The first-order valence-corrected chi connectivity index (χ1v) is 6.35. The van der Waals surface area contributed by atoms with E-state index in [0.717, 1.165) is 17.9 Å². The van der Waals surface area contributed by atoms with E-state index < -0.39 is 5.97 Å². The van der Waals surface area contributed by atoms with Crippen molar-refractivity contribution in [2.24, 2.45) is 0 Å². The molecule has 19 heavy (non-hydrogen) atoms. The van der Waals surface area contributed by atoms with Crippen molar-refractivity contribution in [2.45, 2.75) is 12.5 Å². The van der Waals surface area contributed by atoms with Crippen LogP contribution in [0.4, 0.5) is 5.69 Å². The minimum Gasteiger partial charge on any atom is -0.478 e. The number of para-hydroxylation sites is 1. The van der Waals surface area contributed by atoms with E-state index in [-0.39, 0.29) is 6.10 Å². The third-order valence-electron chi connectivity index (χ3n) is 3.45. The molecule has 4 heteroatoms. The van der Waals surface area contributed by atoms with Gasteiger partial charge >= 0.3 is 5.97 Å². The highest BCUT2D eigenvalue weighted by Gasteiger charge is 2.29. The number of ether oxygens (including phenoxy) is 1. The van der Waals surface area contributed by atoms with E-state index in [9.17, 15) is 4.79 Å². The van der Waals surface area contributed by atoms with Crippen LogP contribution in [0.25, 0.3) is 0 Å². The molecule has 0 aromatic heterocycles. The highest BCUT2D eigenvalue weighted by Crippen LogP contribution is 2.31. The van der Waals surface area contributed by atoms with Crippen molar-refractivity contribution < 1.29 is 14.6 Å². The normalized spacial score (nSPS) is 22.3. The summed E-state index contributed by atoms with van der Waals surface area (Å²) in [5.74, 6) is -0.885. The number of benzene rings is 1. The summed E-state index contributed by atoms with van der Waals surface area (Å²) in [6, 6.07) is 10.00. The lowest BCUT2D eigenvalue weighted by molar-refractivity contribution is -0.132. The zero-order valence-electron chi connectivity index (χ0n) is 10.5. The number of fused-ring (bicyclic) bond motifs is 1. The second kappa shape index (κ2) is 4.90. The molecule has 4 nitrogen and oxygen atoms in total. The lowest BCUT2D eigenvalue weighted by Crippen LogP contribution is -2.41. The fourth-order valence-electron chi connectivity index (χ4n) is 2.52. The molecule has 1 fully saturated rings. The number of carboxylic acid groups (broad SMARTS) is 1. The second-order valence-corrected chi connectivity index (χ2v) is 4.62. The summed E-state index contributed by atoms with van der Waals surface area (Å²) in [6.45, 7) is 1.41. The number of hydrogen-bond donors (Lipinski definition) is 1. The summed E-state index contributed by atoms with van der Waals surface area (Å²) in [7, 11) is 0. The monoisotopic (exact) mass is 257 g/mol. The van der Waals surface area contributed by atoms with Crippen molar-refractivity contribution in [3.05, 3.63) is 53.8 Å². The van der Waals surface area contributed by atoms with E-state index in [1.165, 1.54) is 0 Å². The van der Waals surface area contributed by atoms with Crippen LogP contribution < -0.4 is 4.90 Å². The number of carboxylic acids is 1. The maximum Gasteiger partial charge on any atom is 0.335 e. The van der Waals surface area contributed by atoms with Gasteiger partial charge in [-0.15, -0.1) is 0 Å². The topological polar surface area (TPSA) is 49.8 Å². The van der Waals surface area contributed by atoms with E-state index >= 15 is 0 Å². The summed E-state index contributed by atoms with van der Waals surface area (Å²) < 4.78 is 5.71. The molecule has 1 aromatic carbocycles. The Bertz CT molecular complexity index is 548. The Balaban J connectivity index is 1.97. The summed E-state index contributed by atoms with van der Waals surface area (Å²) in [5.41, 5.74) is 2.36. The van der Waals surface area contributed by atoms with Gasteiger partial charge in [-0.2, -0.15) is 0 Å². The number of nitrogens with zero attached hydrogens (tertiary/aromatic N) is 1. The Labute approximate surface area is 111 Å². The molecule has 0 saturated carbocycles. The fourth-order valence-corrected chi connectivity index (χ4v) is 2.52. The van der Waals surface area contributed by atoms with Gasteiger partial charge in [0.25, 0.3) is 0 Å². The van der Waals surface area contributed by atoms with Crippen molar-refractivity contribution in [1.29, 1.82) is 0 Å². The van der Waals surface area contributed by atoms with Crippen LogP contribution >= 0.6 is 0 Å². The van der Waals surface area contributed by atoms with E-state index in [2.05, 4.69) is 4.90 Å². The fraction of sp³-hybridized carbons (Fsp3) is 0.267. The lowest BCUT2D eigenvalue weighted by atomic mass is 9.99. The predicted molar refractivity (Wildman–Crippen MR) is 71.9 cm³/mol. The summed E-state index contributed by atoms with van der Waals surface area (Å²) >= 11 is 0. The van der Waals surface area contributed by atoms with Crippen molar-refractivity contribution >= 4 is 11.7 Å². The molecule has 1 aliphatic carbocycles. The first-order valence-electron chi connectivity index (χ1n) is 6.35. The maximum absolute atomic E-state index is 11.1. The zero-order chi connectivity index (χ0) is 13.2. The van der Waals surface area contributed by atoms with Crippen LogP contribution in [0.5, 0.6) is 0 Å². The molecule has 1 saturated heterocycles. The molecule has 1 unspecified atom stereocenters. The Morgan fingerprint density at radius 1 is 1.32 bits per heavy atom. The van der Waals surface area contributed by atoms with Crippen LogP contribution in [-0.2, 0) is 9.53 Å². The molecule has 1 heterocycles. The van der Waals surface area contributed by atoms with E-state index in [4.69, 9.17) is 9.84 Å². The van der Waals surface area contributed by atoms with Crippen molar-refractivity contribution in [3.8, 4) is 0 Å². The molecule has 0 spiro atoms. The average Bonchev–Trinajstić information content (AvgIpc) is 2.47. The van der Waals surface area contributed by atoms with Gasteiger partial charge in [-0.3, -0.25) is 0 Å². The Morgan fingerprint density at radius 2 is 2.11 bits per heavy atom. The summed E-state index contributed by atoms with van der Waals surface area (Å²) in [6.07, 6.45) is 4.04. The number of carbonyl (C=O) groups is 1. The molecule has 1 atom stereocenters.